The van der Waals surface area contributed by atoms with Crippen LogP contribution in [0.2, 0.25) is 0 Å². The van der Waals surface area contributed by atoms with Crippen LogP contribution in [0.4, 0.5) is 11.4 Å². The van der Waals surface area contributed by atoms with Gasteiger partial charge in [0.1, 0.15) is 11.5 Å². The number of carbonyl (C=O) groups is 1. The molecule has 0 aromatic heterocycles. The fourth-order valence-corrected chi connectivity index (χ4v) is 4.14. The lowest BCUT2D eigenvalue weighted by Gasteiger charge is -2.25. The molecule has 0 heterocycles. The highest BCUT2D eigenvalue weighted by Gasteiger charge is 2.33. The summed E-state index contributed by atoms with van der Waals surface area (Å²) in [4.78, 5) is 21.0. The van der Waals surface area contributed by atoms with Crippen LogP contribution in [0.15, 0.2) is 47.4 Å². The number of anilines is 1. The van der Waals surface area contributed by atoms with Gasteiger partial charge >= 0.3 is 5.97 Å². The summed E-state index contributed by atoms with van der Waals surface area (Å²) in [5, 5.41) is 20.3. The quantitative estimate of drug-likeness (QED) is 0.491. The average molecular weight is 410 g/mol. The standard InChI is InChI=1S/C17H18N2O8S/c1-26-12-7-8-13(15(11-12)27-2)18(10-9-17(20)21)28(24,25)16-6-4-3-5-14(16)19(22)23/h3-8,11H,9-10H2,1-2H3,(H,20,21). The molecule has 2 aromatic carbocycles. The van der Waals surface area contributed by atoms with Gasteiger partial charge < -0.3 is 14.6 Å². The summed E-state index contributed by atoms with van der Waals surface area (Å²) in [5.74, 6) is -0.732. The smallest absolute Gasteiger partial charge is 0.305 e. The zero-order valence-corrected chi connectivity index (χ0v) is 15.9. The Balaban J connectivity index is 2.67. The van der Waals surface area contributed by atoms with Gasteiger partial charge in [0.05, 0.1) is 31.3 Å². The molecule has 0 radical (unpaired) electrons. The van der Waals surface area contributed by atoms with E-state index >= 15 is 0 Å². The number of hydrogen-bond donors (Lipinski definition) is 1. The molecular formula is C17H18N2O8S. The van der Waals surface area contributed by atoms with Gasteiger partial charge in [0.15, 0.2) is 4.90 Å². The number of nitro benzene ring substituents is 1. The van der Waals surface area contributed by atoms with E-state index in [4.69, 9.17) is 14.6 Å². The molecule has 0 spiro atoms. The van der Waals surface area contributed by atoms with Gasteiger partial charge in [0.2, 0.25) is 0 Å². The van der Waals surface area contributed by atoms with Crippen molar-refractivity contribution in [1.82, 2.24) is 0 Å². The van der Waals surface area contributed by atoms with E-state index in [9.17, 15) is 23.3 Å². The molecule has 10 nitrogen and oxygen atoms in total. The molecule has 0 saturated carbocycles. The molecule has 0 aliphatic carbocycles. The molecule has 150 valence electrons. The first-order chi connectivity index (χ1) is 13.2. The number of nitrogens with zero attached hydrogens (tertiary/aromatic N) is 2. The van der Waals surface area contributed by atoms with Gasteiger partial charge in [-0.3, -0.25) is 19.2 Å². The van der Waals surface area contributed by atoms with Crippen LogP contribution in [0.25, 0.3) is 0 Å². The Morgan fingerprint density at radius 1 is 1.18 bits per heavy atom. The molecule has 0 unspecified atom stereocenters. The number of hydrogen-bond acceptors (Lipinski definition) is 7. The Hall–Kier alpha value is -3.34. The fraction of sp³-hybridized carbons (Fsp3) is 0.235. The van der Waals surface area contributed by atoms with E-state index in [1.807, 2.05) is 0 Å². The van der Waals surface area contributed by atoms with Gasteiger partial charge in [-0.05, 0) is 18.2 Å². The van der Waals surface area contributed by atoms with Crippen LogP contribution in [0.3, 0.4) is 0 Å². The third-order valence-corrected chi connectivity index (χ3v) is 5.67. The molecule has 0 aliphatic rings. The zero-order chi connectivity index (χ0) is 20.9. The maximum atomic E-state index is 13.2. The van der Waals surface area contributed by atoms with Crippen molar-refractivity contribution in [3.05, 3.63) is 52.6 Å². The largest absolute Gasteiger partial charge is 0.497 e. The minimum atomic E-state index is -4.47. The first-order valence-corrected chi connectivity index (χ1v) is 9.36. The number of methoxy groups -OCH3 is 2. The second kappa shape index (κ2) is 8.57. The summed E-state index contributed by atoms with van der Waals surface area (Å²) in [6.07, 6.45) is -0.519. The Kier molecular flexibility index (Phi) is 6.41. The van der Waals surface area contributed by atoms with Crippen LogP contribution in [0.1, 0.15) is 6.42 Å². The van der Waals surface area contributed by atoms with E-state index < -0.39 is 44.5 Å². The van der Waals surface area contributed by atoms with Gasteiger partial charge in [0, 0.05) is 18.7 Å². The predicted molar refractivity (Wildman–Crippen MR) is 99.4 cm³/mol. The lowest BCUT2D eigenvalue weighted by molar-refractivity contribution is -0.387. The number of rotatable bonds is 9. The van der Waals surface area contributed by atoms with Crippen LogP contribution in [0, 0.1) is 10.1 Å². The van der Waals surface area contributed by atoms with Crippen molar-refractivity contribution in [3.8, 4) is 11.5 Å². The molecule has 0 atom stereocenters. The van der Waals surface area contributed by atoms with Crippen LogP contribution < -0.4 is 13.8 Å². The van der Waals surface area contributed by atoms with Gasteiger partial charge in [-0.1, -0.05) is 12.1 Å². The second-order valence-electron chi connectivity index (χ2n) is 5.48. The molecule has 11 heteroatoms. The van der Waals surface area contributed by atoms with Crippen LogP contribution in [0.5, 0.6) is 11.5 Å². The van der Waals surface area contributed by atoms with Crippen molar-refractivity contribution in [3.63, 3.8) is 0 Å². The molecule has 1 N–H and O–H groups in total. The number of ether oxygens (including phenoxy) is 2. The molecule has 2 aromatic rings. The lowest BCUT2D eigenvalue weighted by atomic mass is 10.2. The second-order valence-corrected chi connectivity index (χ2v) is 7.31. The molecule has 0 bridgehead atoms. The zero-order valence-electron chi connectivity index (χ0n) is 15.1. The van der Waals surface area contributed by atoms with Crippen molar-refractivity contribution < 1.29 is 32.7 Å². The molecule has 28 heavy (non-hydrogen) atoms. The Bertz CT molecular complexity index is 990. The summed E-state index contributed by atoms with van der Waals surface area (Å²) >= 11 is 0. The molecule has 2 rings (SSSR count). The summed E-state index contributed by atoms with van der Waals surface area (Å²) in [6, 6.07) is 9.13. The number of aliphatic carboxylic acids is 1. The highest BCUT2D eigenvalue weighted by molar-refractivity contribution is 7.93. The number of para-hydroxylation sites is 1. The minimum absolute atomic E-state index is 0.0303. The number of benzene rings is 2. The SMILES string of the molecule is COc1ccc(N(CCC(=O)O)S(=O)(=O)c2ccccc2[N+](=O)[O-])c(OC)c1. The van der Waals surface area contributed by atoms with Crippen molar-refractivity contribution in [2.24, 2.45) is 0 Å². The van der Waals surface area contributed by atoms with Gasteiger partial charge in [-0.2, -0.15) is 0 Å². The molecular weight excluding hydrogens is 392 g/mol. The van der Waals surface area contributed by atoms with Crippen molar-refractivity contribution >= 4 is 27.4 Å². The summed E-state index contributed by atoms with van der Waals surface area (Å²) in [7, 11) is -1.74. The normalized spacial score (nSPS) is 10.9. The number of carboxylic acid groups (broad SMARTS) is 1. The van der Waals surface area contributed by atoms with Crippen LogP contribution in [-0.2, 0) is 14.8 Å². The molecule has 0 amide bonds. The van der Waals surface area contributed by atoms with Crippen molar-refractivity contribution in [2.75, 3.05) is 25.1 Å². The van der Waals surface area contributed by atoms with E-state index in [-0.39, 0.29) is 11.4 Å². The number of nitro groups is 1. The van der Waals surface area contributed by atoms with E-state index in [0.717, 1.165) is 16.4 Å². The van der Waals surface area contributed by atoms with Crippen LogP contribution >= 0.6 is 0 Å². The van der Waals surface area contributed by atoms with Crippen molar-refractivity contribution in [2.45, 2.75) is 11.3 Å². The molecule has 0 saturated heterocycles. The number of sulfonamides is 1. The molecule has 0 fully saturated rings. The molecule has 0 aliphatic heterocycles. The maximum absolute atomic E-state index is 13.2. The van der Waals surface area contributed by atoms with E-state index in [0.29, 0.717) is 5.75 Å². The highest BCUT2D eigenvalue weighted by atomic mass is 32.2. The summed E-state index contributed by atoms with van der Waals surface area (Å²) < 4.78 is 37.5. The van der Waals surface area contributed by atoms with Gasteiger partial charge in [-0.25, -0.2) is 8.42 Å². The monoisotopic (exact) mass is 410 g/mol. The van der Waals surface area contributed by atoms with Gasteiger partial charge in [0.25, 0.3) is 15.7 Å². The Morgan fingerprint density at radius 3 is 2.43 bits per heavy atom. The van der Waals surface area contributed by atoms with Crippen LogP contribution in [-0.4, -0.2) is 45.2 Å². The van der Waals surface area contributed by atoms with Crippen molar-refractivity contribution in [1.29, 1.82) is 0 Å². The van der Waals surface area contributed by atoms with E-state index in [1.165, 1.54) is 44.6 Å². The third-order valence-electron chi connectivity index (χ3n) is 3.81. The Morgan fingerprint density at radius 2 is 1.86 bits per heavy atom. The highest BCUT2D eigenvalue weighted by Crippen LogP contribution is 2.37. The summed E-state index contributed by atoms with van der Waals surface area (Å²) in [6.45, 7) is -0.452. The first-order valence-electron chi connectivity index (χ1n) is 7.92. The lowest BCUT2D eigenvalue weighted by Crippen LogP contribution is -2.33. The average Bonchev–Trinajstić information content (AvgIpc) is 2.67. The predicted octanol–water partition coefficient (Wildman–Crippen LogP) is 2.28. The van der Waals surface area contributed by atoms with E-state index in [2.05, 4.69) is 0 Å². The summed E-state index contributed by atoms with van der Waals surface area (Å²) in [5.41, 5.74) is -0.585. The number of carboxylic acids is 1. The Labute approximate surface area is 161 Å². The first kappa shape index (κ1) is 21.0. The maximum Gasteiger partial charge on any atom is 0.305 e. The topological polar surface area (TPSA) is 136 Å². The third kappa shape index (κ3) is 4.31. The minimum Gasteiger partial charge on any atom is -0.497 e. The fourth-order valence-electron chi connectivity index (χ4n) is 2.50. The van der Waals surface area contributed by atoms with E-state index in [1.54, 1.807) is 0 Å². The van der Waals surface area contributed by atoms with Gasteiger partial charge in [-0.15, -0.1) is 0 Å².